The molecule has 1 aliphatic rings. The van der Waals surface area contributed by atoms with Gasteiger partial charge in [-0.05, 0) is 45.6 Å². The van der Waals surface area contributed by atoms with Crippen molar-refractivity contribution in [2.24, 2.45) is 5.92 Å². The number of benzene rings is 1. The van der Waals surface area contributed by atoms with Crippen LogP contribution >= 0.6 is 0 Å². The Morgan fingerprint density at radius 3 is 2.38 bits per heavy atom. The summed E-state index contributed by atoms with van der Waals surface area (Å²) in [5, 5.41) is 18.7. The minimum absolute atomic E-state index is 0.0234. The number of halogens is 2. The maximum Gasteiger partial charge on any atom is 0.407 e. The average Bonchev–Trinajstić information content (AvgIpc) is 2.57. The zero-order valence-electron chi connectivity index (χ0n) is 15.0. The van der Waals surface area contributed by atoms with E-state index in [2.05, 4.69) is 4.72 Å². The third kappa shape index (κ3) is 4.50. The lowest BCUT2D eigenvalue weighted by Gasteiger charge is -2.36. The van der Waals surface area contributed by atoms with Gasteiger partial charge in [-0.1, -0.05) is 6.07 Å². The molecule has 0 bridgehead atoms. The van der Waals surface area contributed by atoms with Crippen LogP contribution in [0, 0.1) is 17.6 Å². The van der Waals surface area contributed by atoms with E-state index >= 15 is 0 Å². The van der Waals surface area contributed by atoms with Crippen LogP contribution in [0.5, 0.6) is 5.75 Å². The Bertz CT molecular complexity index is 701. The van der Waals surface area contributed by atoms with Crippen molar-refractivity contribution in [3.8, 4) is 5.75 Å². The number of hydrogen-bond acceptors (Lipinski definition) is 3. The summed E-state index contributed by atoms with van der Waals surface area (Å²) in [6.07, 6.45) is -0.150. The molecule has 2 unspecified atom stereocenters. The van der Waals surface area contributed by atoms with E-state index in [0.717, 1.165) is 6.07 Å². The number of rotatable bonds is 4. The summed E-state index contributed by atoms with van der Waals surface area (Å²) in [6, 6.07) is 1.46. The number of phenolic OH excluding ortho intramolecular Hbond substituents is 1. The van der Waals surface area contributed by atoms with Crippen LogP contribution in [0.25, 0.3) is 0 Å². The van der Waals surface area contributed by atoms with E-state index in [1.807, 2.05) is 0 Å². The monoisotopic (exact) mass is 390 g/mol. The molecule has 6 nitrogen and oxygen atoms in total. The molecule has 3 N–H and O–H groups in total. The first kappa shape index (κ1) is 20.6. The fourth-order valence-electron chi connectivity index (χ4n) is 2.93. The van der Waals surface area contributed by atoms with Crippen molar-refractivity contribution in [2.75, 3.05) is 13.1 Å². The molecule has 1 heterocycles. The van der Waals surface area contributed by atoms with Crippen molar-refractivity contribution in [1.82, 2.24) is 9.62 Å². The number of hydrogen-bond donors (Lipinski definition) is 3. The first-order valence-electron chi connectivity index (χ1n) is 8.35. The van der Waals surface area contributed by atoms with Crippen molar-refractivity contribution >= 4 is 17.1 Å². The number of nitrogens with one attached hydrogen (secondary N) is 1. The lowest BCUT2D eigenvalue weighted by molar-refractivity contribution is 0.118. The molecule has 0 spiro atoms. The smallest absolute Gasteiger partial charge is 0.407 e. The van der Waals surface area contributed by atoms with Gasteiger partial charge in [0.2, 0.25) is 0 Å². The Labute approximate surface area is 153 Å². The molecule has 0 aliphatic carbocycles. The summed E-state index contributed by atoms with van der Waals surface area (Å²) in [5.74, 6) is -3.44. The zero-order chi connectivity index (χ0) is 19.6. The van der Waals surface area contributed by atoms with Gasteiger partial charge in [0, 0.05) is 18.7 Å². The van der Waals surface area contributed by atoms with E-state index < -0.39 is 45.3 Å². The highest BCUT2D eigenvalue weighted by molar-refractivity contribution is 7.84. The average molecular weight is 390 g/mol. The SMILES string of the molecule is CC(C)(C)S(=O)NC(c1ccc(F)c(O)c1F)C1CCN(C(=O)O)CC1. The van der Waals surface area contributed by atoms with Crippen LogP contribution in [0.4, 0.5) is 13.6 Å². The van der Waals surface area contributed by atoms with Gasteiger partial charge in [-0.15, -0.1) is 0 Å². The van der Waals surface area contributed by atoms with Gasteiger partial charge in [-0.25, -0.2) is 22.5 Å². The van der Waals surface area contributed by atoms with E-state index in [-0.39, 0.29) is 24.6 Å². The van der Waals surface area contributed by atoms with Gasteiger partial charge >= 0.3 is 6.09 Å². The van der Waals surface area contributed by atoms with Crippen molar-refractivity contribution < 1.29 is 28.0 Å². The normalized spacial score (nSPS) is 18.6. The molecule has 2 rings (SSSR count). The molecular formula is C17H24F2N2O4S. The maximum atomic E-state index is 14.5. The molecular weight excluding hydrogens is 366 g/mol. The first-order chi connectivity index (χ1) is 12.0. The van der Waals surface area contributed by atoms with Gasteiger partial charge in [0.05, 0.1) is 21.8 Å². The summed E-state index contributed by atoms with van der Waals surface area (Å²) in [6.45, 7) is 5.83. The molecule has 1 aromatic carbocycles. The molecule has 1 amide bonds. The van der Waals surface area contributed by atoms with E-state index in [1.54, 1.807) is 20.8 Å². The summed E-state index contributed by atoms with van der Waals surface area (Å²) < 4.78 is 42.8. The molecule has 146 valence electrons. The fraction of sp³-hybridized carbons (Fsp3) is 0.588. The van der Waals surface area contributed by atoms with Crippen LogP contribution in [0.15, 0.2) is 12.1 Å². The predicted molar refractivity (Wildman–Crippen MR) is 94.1 cm³/mol. The maximum absolute atomic E-state index is 14.5. The summed E-state index contributed by atoms with van der Waals surface area (Å²) in [7, 11) is -1.53. The second-order valence-corrected chi connectivity index (χ2v) is 9.38. The molecule has 26 heavy (non-hydrogen) atoms. The van der Waals surface area contributed by atoms with Crippen molar-refractivity contribution in [3.63, 3.8) is 0 Å². The Balaban J connectivity index is 2.33. The first-order valence-corrected chi connectivity index (χ1v) is 9.50. The van der Waals surface area contributed by atoms with Crippen LogP contribution in [-0.4, -0.2) is 43.3 Å². The topological polar surface area (TPSA) is 89.9 Å². The van der Waals surface area contributed by atoms with Crippen molar-refractivity contribution in [2.45, 2.75) is 44.4 Å². The molecule has 1 aliphatic heterocycles. The molecule has 1 aromatic rings. The largest absolute Gasteiger partial charge is 0.503 e. The van der Waals surface area contributed by atoms with Crippen LogP contribution in [0.3, 0.4) is 0 Å². The molecule has 1 saturated heterocycles. The Morgan fingerprint density at radius 1 is 1.31 bits per heavy atom. The quantitative estimate of drug-likeness (QED) is 0.737. The second kappa shape index (κ2) is 7.87. The van der Waals surface area contributed by atoms with Gasteiger partial charge in [0.25, 0.3) is 0 Å². The molecule has 0 radical (unpaired) electrons. The van der Waals surface area contributed by atoms with E-state index in [9.17, 15) is 22.9 Å². The molecule has 0 saturated carbocycles. The Morgan fingerprint density at radius 2 is 1.88 bits per heavy atom. The van der Waals surface area contributed by atoms with E-state index in [0.29, 0.717) is 12.8 Å². The molecule has 2 atom stereocenters. The lowest BCUT2D eigenvalue weighted by Crippen LogP contribution is -2.44. The van der Waals surface area contributed by atoms with Gasteiger partial charge < -0.3 is 15.1 Å². The molecule has 9 heteroatoms. The third-order valence-electron chi connectivity index (χ3n) is 4.50. The Hall–Kier alpha value is -1.74. The lowest BCUT2D eigenvalue weighted by atomic mass is 9.85. The third-order valence-corrected chi connectivity index (χ3v) is 6.08. The van der Waals surface area contributed by atoms with Crippen molar-refractivity contribution in [1.29, 1.82) is 0 Å². The van der Waals surface area contributed by atoms with Crippen LogP contribution in [0.2, 0.25) is 0 Å². The van der Waals surface area contributed by atoms with Crippen LogP contribution in [-0.2, 0) is 11.0 Å². The highest BCUT2D eigenvalue weighted by Gasteiger charge is 2.34. The van der Waals surface area contributed by atoms with Crippen LogP contribution in [0.1, 0.15) is 45.2 Å². The highest BCUT2D eigenvalue weighted by Crippen LogP contribution is 2.36. The molecule has 1 fully saturated rings. The summed E-state index contributed by atoms with van der Waals surface area (Å²) >= 11 is 0. The predicted octanol–water partition coefficient (Wildman–Crippen LogP) is 3.15. The van der Waals surface area contributed by atoms with Crippen molar-refractivity contribution in [3.05, 3.63) is 29.3 Å². The number of piperidine rings is 1. The fourth-order valence-corrected chi connectivity index (χ4v) is 3.83. The van der Waals surface area contributed by atoms with Gasteiger partial charge in [-0.3, -0.25) is 0 Å². The summed E-state index contributed by atoms with van der Waals surface area (Å²) in [5.41, 5.74) is 0.0234. The number of amides is 1. The molecule has 0 aromatic heterocycles. The Kier molecular flexibility index (Phi) is 6.23. The van der Waals surface area contributed by atoms with E-state index in [1.165, 1.54) is 11.0 Å². The number of aromatic hydroxyl groups is 1. The highest BCUT2D eigenvalue weighted by atomic mass is 32.2. The summed E-state index contributed by atoms with van der Waals surface area (Å²) in [4.78, 5) is 12.3. The van der Waals surface area contributed by atoms with Gasteiger partial charge in [0.1, 0.15) is 0 Å². The van der Waals surface area contributed by atoms with E-state index in [4.69, 9.17) is 5.11 Å². The minimum Gasteiger partial charge on any atom is -0.503 e. The zero-order valence-corrected chi connectivity index (χ0v) is 15.8. The standard InChI is InChI=1S/C17H24F2N2O4S/c1-17(2,3)26(25)20-14(10-6-8-21(9-7-10)16(23)24)11-4-5-12(18)15(22)13(11)19/h4-5,10,14,20,22H,6-9H2,1-3H3,(H,23,24). The van der Waals surface area contributed by atoms with Gasteiger partial charge in [-0.2, -0.15) is 0 Å². The number of phenols is 1. The number of nitrogens with zero attached hydrogens (tertiary/aromatic N) is 1. The number of likely N-dealkylation sites (tertiary alicyclic amines) is 1. The number of carbonyl (C=O) groups is 1. The van der Waals surface area contributed by atoms with Crippen LogP contribution < -0.4 is 4.72 Å². The number of carboxylic acid groups (broad SMARTS) is 1. The minimum atomic E-state index is -1.53. The van der Waals surface area contributed by atoms with Gasteiger partial charge in [0.15, 0.2) is 17.4 Å². The second-order valence-electron chi connectivity index (χ2n) is 7.38.